The van der Waals surface area contributed by atoms with Crippen LogP contribution < -0.4 is 11.5 Å². The Balaban J connectivity index is 2.12. The van der Waals surface area contributed by atoms with Gasteiger partial charge in [0.1, 0.15) is 5.82 Å². The van der Waals surface area contributed by atoms with E-state index < -0.39 is 0 Å². The molecule has 0 unspecified atom stereocenters. The van der Waals surface area contributed by atoms with Gasteiger partial charge in [-0.3, -0.25) is 0 Å². The van der Waals surface area contributed by atoms with Gasteiger partial charge in [-0.25, -0.2) is 4.39 Å². The summed E-state index contributed by atoms with van der Waals surface area (Å²) in [7, 11) is 0. The molecule has 3 rings (SSSR count). The molecule has 0 aliphatic rings. The van der Waals surface area contributed by atoms with Gasteiger partial charge in [0, 0.05) is 16.9 Å². The standard InChI is InChI=1S/C13H11FN6/c14-9-1-3-12(4-2-9)20-13(17-18-19-20)8-5-10(15)7-11(16)6-8/h1-7H,15-16H2. The number of rotatable bonds is 2. The quantitative estimate of drug-likeness (QED) is 0.690. The zero-order valence-corrected chi connectivity index (χ0v) is 10.4. The van der Waals surface area contributed by atoms with Crippen molar-refractivity contribution in [3.8, 4) is 17.1 Å². The molecule has 6 nitrogen and oxygen atoms in total. The van der Waals surface area contributed by atoms with E-state index in [0.717, 1.165) is 0 Å². The first-order valence-electron chi connectivity index (χ1n) is 5.84. The average molecular weight is 270 g/mol. The molecular formula is C13H11FN6. The number of anilines is 2. The minimum Gasteiger partial charge on any atom is -0.399 e. The molecule has 1 heterocycles. The SMILES string of the molecule is Nc1cc(N)cc(-c2nnnn2-c2ccc(F)cc2)c1. The molecule has 20 heavy (non-hydrogen) atoms. The molecule has 100 valence electrons. The van der Waals surface area contributed by atoms with Gasteiger partial charge in [-0.1, -0.05) is 0 Å². The second-order valence-electron chi connectivity index (χ2n) is 4.28. The molecule has 0 amide bonds. The van der Waals surface area contributed by atoms with E-state index in [4.69, 9.17) is 11.5 Å². The van der Waals surface area contributed by atoms with Crippen LogP contribution in [0.15, 0.2) is 42.5 Å². The molecule has 0 saturated heterocycles. The zero-order valence-electron chi connectivity index (χ0n) is 10.4. The van der Waals surface area contributed by atoms with Crippen LogP contribution in [0.1, 0.15) is 0 Å². The number of tetrazole rings is 1. The zero-order chi connectivity index (χ0) is 14.1. The van der Waals surface area contributed by atoms with Crippen molar-refractivity contribution in [1.82, 2.24) is 20.2 Å². The molecule has 1 aromatic heterocycles. The summed E-state index contributed by atoms with van der Waals surface area (Å²) in [6.07, 6.45) is 0. The van der Waals surface area contributed by atoms with Crippen LogP contribution in [0, 0.1) is 5.82 Å². The van der Waals surface area contributed by atoms with Crippen LogP contribution in [0.5, 0.6) is 0 Å². The Morgan fingerprint density at radius 2 is 1.60 bits per heavy atom. The van der Waals surface area contributed by atoms with Crippen molar-refractivity contribution in [3.63, 3.8) is 0 Å². The van der Waals surface area contributed by atoms with Gasteiger partial charge >= 0.3 is 0 Å². The van der Waals surface area contributed by atoms with E-state index in [0.29, 0.717) is 28.5 Å². The van der Waals surface area contributed by atoms with Crippen LogP contribution in [0.25, 0.3) is 17.1 Å². The first kappa shape index (κ1) is 12.1. The third-order valence-corrected chi connectivity index (χ3v) is 2.78. The second kappa shape index (κ2) is 4.61. The molecule has 0 fully saturated rings. The molecule has 0 aliphatic heterocycles. The predicted octanol–water partition coefficient (Wildman–Crippen LogP) is 1.63. The first-order valence-corrected chi connectivity index (χ1v) is 5.84. The summed E-state index contributed by atoms with van der Waals surface area (Å²) >= 11 is 0. The molecule has 4 N–H and O–H groups in total. The Morgan fingerprint density at radius 1 is 0.950 bits per heavy atom. The molecule has 0 aliphatic carbocycles. The minimum absolute atomic E-state index is 0.323. The highest BCUT2D eigenvalue weighted by molar-refractivity contribution is 5.68. The fourth-order valence-electron chi connectivity index (χ4n) is 1.93. The highest BCUT2D eigenvalue weighted by atomic mass is 19.1. The number of nitrogen functional groups attached to an aromatic ring is 2. The lowest BCUT2D eigenvalue weighted by atomic mass is 10.1. The maximum atomic E-state index is 13.0. The molecule has 0 atom stereocenters. The number of benzene rings is 2. The number of nitrogens with zero attached hydrogens (tertiary/aromatic N) is 4. The third-order valence-electron chi connectivity index (χ3n) is 2.78. The van der Waals surface area contributed by atoms with Gasteiger partial charge in [0.25, 0.3) is 0 Å². The Morgan fingerprint density at radius 3 is 2.25 bits per heavy atom. The van der Waals surface area contributed by atoms with Crippen molar-refractivity contribution in [2.24, 2.45) is 0 Å². The molecule has 0 spiro atoms. The van der Waals surface area contributed by atoms with Gasteiger partial charge in [-0.2, -0.15) is 4.68 Å². The van der Waals surface area contributed by atoms with Gasteiger partial charge in [0.15, 0.2) is 5.82 Å². The summed E-state index contributed by atoms with van der Waals surface area (Å²) in [5, 5.41) is 11.5. The van der Waals surface area contributed by atoms with Crippen molar-refractivity contribution in [1.29, 1.82) is 0 Å². The van der Waals surface area contributed by atoms with Crippen molar-refractivity contribution < 1.29 is 4.39 Å². The van der Waals surface area contributed by atoms with E-state index >= 15 is 0 Å². The van der Waals surface area contributed by atoms with Crippen LogP contribution in [0.4, 0.5) is 15.8 Å². The molecule has 0 radical (unpaired) electrons. The molecular weight excluding hydrogens is 259 g/mol. The van der Waals surface area contributed by atoms with E-state index in [1.165, 1.54) is 16.8 Å². The molecule has 2 aromatic carbocycles. The first-order chi connectivity index (χ1) is 9.63. The van der Waals surface area contributed by atoms with Crippen molar-refractivity contribution in [2.45, 2.75) is 0 Å². The van der Waals surface area contributed by atoms with Crippen LogP contribution in [-0.2, 0) is 0 Å². The second-order valence-corrected chi connectivity index (χ2v) is 4.28. The minimum atomic E-state index is -0.323. The fraction of sp³-hybridized carbons (Fsp3) is 0. The Hall–Kier alpha value is -2.96. The predicted molar refractivity (Wildman–Crippen MR) is 73.4 cm³/mol. The summed E-state index contributed by atoms with van der Waals surface area (Å²) in [6, 6.07) is 11.0. The summed E-state index contributed by atoms with van der Waals surface area (Å²) < 4.78 is 14.5. The summed E-state index contributed by atoms with van der Waals surface area (Å²) in [5.41, 5.74) is 13.9. The van der Waals surface area contributed by atoms with Crippen LogP contribution in [0.3, 0.4) is 0 Å². The topological polar surface area (TPSA) is 95.6 Å². The maximum absolute atomic E-state index is 13.0. The van der Waals surface area contributed by atoms with Crippen molar-refractivity contribution in [3.05, 3.63) is 48.3 Å². The Kier molecular flexibility index (Phi) is 2.79. The largest absolute Gasteiger partial charge is 0.399 e. The fourth-order valence-corrected chi connectivity index (χ4v) is 1.93. The number of hydrogen-bond acceptors (Lipinski definition) is 5. The average Bonchev–Trinajstić information content (AvgIpc) is 2.87. The smallest absolute Gasteiger partial charge is 0.187 e. The van der Waals surface area contributed by atoms with E-state index in [2.05, 4.69) is 15.5 Å². The van der Waals surface area contributed by atoms with E-state index in [1.54, 1.807) is 30.3 Å². The van der Waals surface area contributed by atoms with E-state index in [1.807, 2.05) is 0 Å². The highest BCUT2D eigenvalue weighted by Gasteiger charge is 2.11. The van der Waals surface area contributed by atoms with E-state index in [-0.39, 0.29) is 5.82 Å². The van der Waals surface area contributed by atoms with Crippen LogP contribution in [0.2, 0.25) is 0 Å². The summed E-state index contributed by atoms with van der Waals surface area (Å²) in [4.78, 5) is 0. The number of hydrogen-bond donors (Lipinski definition) is 2. The lowest BCUT2D eigenvalue weighted by Crippen LogP contribution is -2.01. The third kappa shape index (κ3) is 2.16. The number of aromatic nitrogens is 4. The van der Waals surface area contributed by atoms with Crippen LogP contribution in [-0.4, -0.2) is 20.2 Å². The molecule has 0 saturated carbocycles. The summed E-state index contributed by atoms with van der Waals surface area (Å²) in [5.74, 6) is 0.159. The monoisotopic (exact) mass is 270 g/mol. The van der Waals surface area contributed by atoms with Gasteiger partial charge < -0.3 is 11.5 Å². The molecule has 7 heteroatoms. The Bertz CT molecular complexity index is 730. The van der Waals surface area contributed by atoms with Gasteiger partial charge in [-0.15, -0.1) is 5.10 Å². The van der Waals surface area contributed by atoms with Gasteiger partial charge in [0.2, 0.25) is 0 Å². The van der Waals surface area contributed by atoms with Crippen molar-refractivity contribution in [2.75, 3.05) is 11.5 Å². The lowest BCUT2D eigenvalue weighted by molar-refractivity contribution is 0.627. The summed E-state index contributed by atoms with van der Waals surface area (Å²) in [6.45, 7) is 0. The van der Waals surface area contributed by atoms with Gasteiger partial charge in [-0.05, 0) is 52.9 Å². The van der Waals surface area contributed by atoms with Crippen molar-refractivity contribution >= 4 is 11.4 Å². The molecule has 0 bridgehead atoms. The Labute approximate surface area is 113 Å². The number of halogens is 1. The van der Waals surface area contributed by atoms with Gasteiger partial charge in [0.05, 0.1) is 5.69 Å². The molecule has 3 aromatic rings. The lowest BCUT2D eigenvalue weighted by Gasteiger charge is -2.06. The van der Waals surface area contributed by atoms with E-state index in [9.17, 15) is 4.39 Å². The highest BCUT2D eigenvalue weighted by Crippen LogP contribution is 2.24. The number of nitrogens with two attached hydrogens (primary N) is 2. The normalized spacial score (nSPS) is 10.7. The maximum Gasteiger partial charge on any atom is 0.187 e. The van der Waals surface area contributed by atoms with Crippen LogP contribution >= 0.6 is 0 Å².